The van der Waals surface area contributed by atoms with Crippen molar-refractivity contribution in [2.45, 2.75) is 33.2 Å². The van der Waals surface area contributed by atoms with Gasteiger partial charge in [-0.3, -0.25) is 14.2 Å². The molecule has 0 aliphatic carbocycles. The predicted molar refractivity (Wildman–Crippen MR) is 106 cm³/mol. The number of benzene rings is 1. The van der Waals surface area contributed by atoms with Crippen molar-refractivity contribution in [1.82, 2.24) is 9.55 Å². The Labute approximate surface area is 157 Å². The molecule has 0 spiro atoms. The van der Waals surface area contributed by atoms with Crippen molar-refractivity contribution < 1.29 is 4.79 Å². The number of unbranched alkanes of at least 4 members (excludes halogenated alkanes) is 1. The fraction of sp³-hybridized carbons (Fsp3) is 0.278. The highest BCUT2D eigenvalue weighted by Crippen LogP contribution is 2.29. The smallest absolute Gasteiger partial charge is 0.266 e. The topological polar surface area (TPSA) is 64.0 Å². The van der Waals surface area contributed by atoms with Crippen molar-refractivity contribution in [3.05, 3.63) is 55.9 Å². The van der Waals surface area contributed by atoms with E-state index < -0.39 is 0 Å². The number of fused-ring (bicyclic) bond motifs is 1. The van der Waals surface area contributed by atoms with Gasteiger partial charge in [0.15, 0.2) is 0 Å². The van der Waals surface area contributed by atoms with E-state index >= 15 is 0 Å². The molecule has 0 saturated carbocycles. The molecule has 0 radical (unpaired) electrons. The Morgan fingerprint density at radius 1 is 1.36 bits per heavy atom. The van der Waals surface area contributed by atoms with Crippen LogP contribution in [-0.4, -0.2) is 15.5 Å². The number of amides is 1. The molecule has 7 heteroatoms. The van der Waals surface area contributed by atoms with Gasteiger partial charge in [0.25, 0.3) is 11.5 Å². The maximum absolute atomic E-state index is 12.7. The molecule has 2 heterocycles. The van der Waals surface area contributed by atoms with E-state index in [0.29, 0.717) is 32.9 Å². The minimum absolute atomic E-state index is 0.0767. The van der Waals surface area contributed by atoms with Crippen LogP contribution in [0.5, 0.6) is 0 Å². The van der Waals surface area contributed by atoms with Gasteiger partial charge < -0.3 is 5.32 Å². The first-order chi connectivity index (χ1) is 12.0. The Morgan fingerprint density at radius 3 is 2.84 bits per heavy atom. The summed E-state index contributed by atoms with van der Waals surface area (Å²) < 4.78 is 2.43. The second-order valence-electron chi connectivity index (χ2n) is 5.77. The van der Waals surface area contributed by atoms with Crippen LogP contribution in [-0.2, 0) is 6.54 Å². The SMILES string of the molecule is CCCCn1cnc2sc(C(=O)Nc3ccccc3Br)c(C)c2c1=O. The highest BCUT2D eigenvalue weighted by Gasteiger charge is 2.20. The molecule has 0 atom stereocenters. The van der Waals surface area contributed by atoms with Gasteiger partial charge in [0.1, 0.15) is 4.83 Å². The lowest BCUT2D eigenvalue weighted by Crippen LogP contribution is -2.20. The third kappa shape index (κ3) is 3.52. The first-order valence-electron chi connectivity index (χ1n) is 8.07. The third-order valence-corrected chi connectivity index (χ3v) is 5.89. The second-order valence-corrected chi connectivity index (χ2v) is 7.62. The standard InChI is InChI=1S/C18H18BrN3O2S/c1-3-4-9-22-10-20-17-14(18(22)24)11(2)15(25-17)16(23)21-13-8-6-5-7-12(13)19/h5-8,10H,3-4,9H2,1-2H3,(H,21,23). The lowest BCUT2D eigenvalue weighted by Gasteiger charge is -2.06. The molecule has 0 fully saturated rings. The van der Waals surface area contributed by atoms with Gasteiger partial charge in [-0.25, -0.2) is 4.98 Å². The number of carbonyl (C=O) groups excluding carboxylic acids is 1. The van der Waals surface area contributed by atoms with Crippen LogP contribution < -0.4 is 10.9 Å². The van der Waals surface area contributed by atoms with E-state index in [1.807, 2.05) is 24.3 Å². The van der Waals surface area contributed by atoms with Gasteiger partial charge >= 0.3 is 0 Å². The van der Waals surface area contributed by atoms with E-state index in [0.717, 1.165) is 17.3 Å². The molecule has 0 aliphatic rings. The number of halogens is 1. The van der Waals surface area contributed by atoms with E-state index in [9.17, 15) is 9.59 Å². The van der Waals surface area contributed by atoms with Gasteiger partial charge in [-0.2, -0.15) is 0 Å². The van der Waals surface area contributed by atoms with Crippen LogP contribution in [0, 0.1) is 6.92 Å². The van der Waals surface area contributed by atoms with Gasteiger partial charge in [-0.1, -0.05) is 25.5 Å². The van der Waals surface area contributed by atoms with Crippen LogP contribution in [0.2, 0.25) is 0 Å². The van der Waals surface area contributed by atoms with E-state index in [-0.39, 0.29) is 11.5 Å². The summed E-state index contributed by atoms with van der Waals surface area (Å²) in [6.07, 6.45) is 3.50. The summed E-state index contributed by atoms with van der Waals surface area (Å²) >= 11 is 4.67. The molecule has 1 aromatic carbocycles. The summed E-state index contributed by atoms with van der Waals surface area (Å²) in [6, 6.07) is 7.42. The number of aromatic nitrogens is 2. The van der Waals surface area contributed by atoms with Crippen molar-refractivity contribution >= 4 is 49.1 Å². The second kappa shape index (κ2) is 7.49. The average Bonchev–Trinajstić information content (AvgIpc) is 2.94. The summed E-state index contributed by atoms with van der Waals surface area (Å²) in [6.45, 7) is 4.53. The molecule has 0 unspecified atom stereocenters. The molecule has 130 valence electrons. The normalized spacial score (nSPS) is 11.0. The minimum atomic E-state index is -0.230. The molecular formula is C18H18BrN3O2S. The van der Waals surface area contributed by atoms with E-state index in [1.54, 1.807) is 17.8 Å². The maximum Gasteiger partial charge on any atom is 0.266 e. The van der Waals surface area contributed by atoms with Gasteiger partial charge in [-0.15, -0.1) is 11.3 Å². The monoisotopic (exact) mass is 419 g/mol. The van der Waals surface area contributed by atoms with Crippen molar-refractivity contribution in [3.8, 4) is 0 Å². The Balaban J connectivity index is 1.99. The predicted octanol–water partition coefficient (Wildman–Crippen LogP) is 4.58. The molecule has 0 aliphatic heterocycles. The molecule has 5 nitrogen and oxygen atoms in total. The van der Waals surface area contributed by atoms with Gasteiger partial charge in [0.05, 0.1) is 22.3 Å². The number of anilines is 1. The molecule has 3 rings (SSSR count). The summed E-state index contributed by atoms with van der Waals surface area (Å²) in [5.74, 6) is -0.230. The fourth-order valence-electron chi connectivity index (χ4n) is 2.61. The average molecular weight is 420 g/mol. The quantitative estimate of drug-likeness (QED) is 0.657. The van der Waals surface area contributed by atoms with Gasteiger partial charge in [-0.05, 0) is 47.0 Å². The van der Waals surface area contributed by atoms with Crippen molar-refractivity contribution in [1.29, 1.82) is 0 Å². The summed E-state index contributed by atoms with van der Waals surface area (Å²) in [4.78, 5) is 30.9. The first-order valence-corrected chi connectivity index (χ1v) is 9.68. The van der Waals surface area contributed by atoms with Crippen molar-refractivity contribution in [2.75, 3.05) is 5.32 Å². The molecule has 0 saturated heterocycles. The lowest BCUT2D eigenvalue weighted by atomic mass is 10.2. The zero-order valence-corrected chi connectivity index (χ0v) is 16.4. The van der Waals surface area contributed by atoms with E-state index in [4.69, 9.17) is 0 Å². The summed E-state index contributed by atoms with van der Waals surface area (Å²) in [7, 11) is 0. The van der Waals surface area contributed by atoms with Crippen LogP contribution >= 0.6 is 27.3 Å². The zero-order chi connectivity index (χ0) is 18.0. The maximum atomic E-state index is 12.7. The molecular weight excluding hydrogens is 402 g/mol. The van der Waals surface area contributed by atoms with Crippen LogP contribution in [0.4, 0.5) is 5.69 Å². The Morgan fingerprint density at radius 2 is 2.12 bits per heavy atom. The highest BCUT2D eigenvalue weighted by atomic mass is 79.9. The van der Waals surface area contributed by atoms with Gasteiger partial charge in [0, 0.05) is 11.0 Å². The lowest BCUT2D eigenvalue weighted by molar-refractivity contribution is 0.103. The Kier molecular flexibility index (Phi) is 5.34. The van der Waals surface area contributed by atoms with E-state index in [2.05, 4.69) is 33.2 Å². The Hall–Kier alpha value is -1.99. The molecule has 2 aromatic heterocycles. The number of nitrogens with zero attached hydrogens (tertiary/aromatic N) is 2. The highest BCUT2D eigenvalue weighted by molar-refractivity contribution is 9.10. The van der Waals surface area contributed by atoms with Crippen molar-refractivity contribution in [3.63, 3.8) is 0 Å². The number of hydrogen-bond acceptors (Lipinski definition) is 4. The van der Waals surface area contributed by atoms with Crippen LogP contribution in [0.15, 0.2) is 39.9 Å². The molecule has 25 heavy (non-hydrogen) atoms. The van der Waals surface area contributed by atoms with Crippen molar-refractivity contribution in [2.24, 2.45) is 0 Å². The summed E-state index contributed by atoms with van der Waals surface area (Å²) in [5, 5.41) is 3.43. The molecule has 1 N–H and O–H groups in total. The number of carbonyl (C=O) groups is 1. The number of nitrogens with one attached hydrogen (secondary N) is 1. The largest absolute Gasteiger partial charge is 0.320 e. The van der Waals surface area contributed by atoms with Crippen LogP contribution in [0.1, 0.15) is 35.0 Å². The Bertz CT molecular complexity index is 994. The van der Waals surface area contributed by atoms with Crippen LogP contribution in [0.3, 0.4) is 0 Å². The number of aryl methyl sites for hydroxylation is 2. The minimum Gasteiger partial charge on any atom is -0.320 e. The third-order valence-electron chi connectivity index (χ3n) is 4.00. The summed E-state index contributed by atoms with van der Waals surface area (Å²) in [5.41, 5.74) is 1.30. The zero-order valence-electron chi connectivity index (χ0n) is 14.0. The molecule has 3 aromatic rings. The molecule has 1 amide bonds. The fourth-order valence-corrected chi connectivity index (χ4v) is 4.02. The van der Waals surface area contributed by atoms with Crippen LogP contribution in [0.25, 0.3) is 10.2 Å². The number of para-hydroxylation sites is 1. The number of hydrogen-bond donors (Lipinski definition) is 1. The van der Waals surface area contributed by atoms with Gasteiger partial charge in [0.2, 0.25) is 0 Å². The van der Waals surface area contributed by atoms with E-state index in [1.165, 1.54) is 11.3 Å². The number of rotatable bonds is 5. The number of thiophene rings is 1. The first kappa shape index (κ1) is 17.8. The molecule has 0 bridgehead atoms.